The fourth-order valence-electron chi connectivity index (χ4n) is 3.79. The molecule has 2 rings (SSSR count). The molecule has 0 saturated heterocycles. The molecule has 0 bridgehead atoms. The zero-order chi connectivity index (χ0) is 11.6. The van der Waals surface area contributed by atoms with E-state index in [0.717, 1.165) is 12.8 Å². The van der Waals surface area contributed by atoms with Crippen LogP contribution in [0.1, 0.15) is 58.8 Å². The highest BCUT2D eigenvalue weighted by atomic mass is 16.1. The molecule has 1 fully saturated rings. The molecule has 0 N–H and O–H groups in total. The van der Waals surface area contributed by atoms with Crippen LogP contribution in [0.25, 0.3) is 0 Å². The van der Waals surface area contributed by atoms with Gasteiger partial charge in [0.15, 0.2) is 0 Å². The smallest absolute Gasteiger partial charge is 0.127 e. The van der Waals surface area contributed by atoms with Gasteiger partial charge in [0.25, 0.3) is 0 Å². The van der Waals surface area contributed by atoms with Gasteiger partial charge in [0, 0.05) is 5.41 Å². The Labute approximate surface area is 99.3 Å². The minimum atomic E-state index is -0.0278. The van der Waals surface area contributed by atoms with Crippen LogP contribution in [-0.2, 0) is 4.79 Å². The Balaban J connectivity index is 2.21. The highest BCUT2D eigenvalue weighted by molar-refractivity contribution is 5.62. The number of carbonyl (C=O) groups excluding carboxylic acids is 1. The fourth-order valence-corrected chi connectivity index (χ4v) is 3.79. The molecule has 0 aliphatic heterocycles. The average Bonchev–Trinajstić information content (AvgIpc) is 2.31. The summed E-state index contributed by atoms with van der Waals surface area (Å²) < 4.78 is 0. The summed E-state index contributed by atoms with van der Waals surface area (Å²) in [5.74, 6) is 1.10. The van der Waals surface area contributed by atoms with Gasteiger partial charge < -0.3 is 4.79 Å². The monoisotopic (exact) mass is 220 g/mol. The third kappa shape index (κ3) is 1.97. The van der Waals surface area contributed by atoms with Crippen molar-refractivity contribution in [3.05, 3.63) is 11.6 Å². The lowest BCUT2D eigenvalue weighted by Gasteiger charge is -2.44. The lowest BCUT2D eigenvalue weighted by atomic mass is 9.59. The van der Waals surface area contributed by atoms with Crippen LogP contribution in [0.2, 0.25) is 0 Å². The second kappa shape index (κ2) is 4.73. The van der Waals surface area contributed by atoms with Gasteiger partial charge in [0.1, 0.15) is 6.29 Å². The molecule has 2 atom stereocenters. The Morgan fingerprint density at radius 2 is 2.00 bits per heavy atom. The maximum atomic E-state index is 11.7. The molecule has 2 aliphatic rings. The van der Waals surface area contributed by atoms with Gasteiger partial charge in [0.2, 0.25) is 0 Å². The van der Waals surface area contributed by atoms with Crippen LogP contribution in [-0.4, -0.2) is 6.29 Å². The van der Waals surface area contributed by atoms with Crippen molar-refractivity contribution in [1.29, 1.82) is 0 Å². The first kappa shape index (κ1) is 11.9. The number of hydrogen-bond acceptors (Lipinski definition) is 1. The van der Waals surface area contributed by atoms with Crippen molar-refractivity contribution < 1.29 is 4.79 Å². The molecule has 1 saturated carbocycles. The van der Waals surface area contributed by atoms with E-state index in [2.05, 4.69) is 19.9 Å². The minimum absolute atomic E-state index is 0.0278. The second-order valence-electron chi connectivity index (χ2n) is 5.87. The number of allylic oxidation sites excluding steroid dienone is 2. The molecule has 0 heterocycles. The Hall–Kier alpha value is -0.590. The first-order valence-corrected chi connectivity index (χ1v) is 6.82. The number of hydrogen-bond donors (Lipinski definition) is 0. The largest absolute Gasteiger partial charge is 0.303 e. The van der Waals surface area contributed by atoms with Gasteiger partial charge >= 0.3 is 0 Å². The molecule has 1 heteroatoms. The van der Waals surface area contributed by atoms with E-state index in [9.17, 15) is 4.79 Å². The first-order valence-electron chi connectivity index (χ1n) is 6.82. The van der Waals surface area contributed by atoms with E-state index < -0.39 is 0 Å². The van der Waals surface area contributed by atoms with E-state index >= 15 is 0 Å². The van der Waals surface area contributed by atoms with Crippen molar-refractivity contribution in [2.45, 2.75) is 58.8 Å². The molecule has 16 heavy (non-hydrogen) atoms. The summed E-state index contributed by atoms with van der Waals surface area (Å²) >= 11 is 0. The van der Waals surface area contributed by atoms with Crippen LogP contribution < -0.4 is 0 Å². The lowest BCUT2D eigenvalue weighted by Crippen LogP contribution is -2.40. The van der Waals surface area contributed by atoms with Gasteiger partial charge in [-0.25, -0.2) is 0 Å². The fraction of sp³-hybridized carbons (Fsp3) is 0.800. The number of carbonyl (C=O) groups is 1. The maximum Gasteiger partial charge on any atom is 0.127 e. The summed E-state index contributed by atoms with van der Waals surface area (Å²) in [4.78, 5) is 11.7. The van der Waals surface area contributed by atoms with Gasteiger partial charge in [-0.1, -0.05) is 37.8 Å². The molecule has 0 aromatic heterocycles. The minimum Gasteiger partial charge on any atom is -0.303 e. The summed E-state index contributed by atoms with van der Waals surface area (Å²) in [7, 11) is 0. The van der Waals surface area contributed by atoms with Gasteiger partial charge in [-0.15, -0.1) is 0 Å². The van der Waals surface area contributed by atoms with Crippen molar-refractivity contribution in [3.63, 3.8) is 0 Å². The maximum absolute atomic E-state index is 11.7. The molecule has 0 spiro atoms. The van der Waals surface area contributed by atoms with Gasteiger partial charge in [-0.3, -0.25) is 0 Å². The van der Waals surface area contributed by atoms with Gasteiger partial charge in [-0.2, -0.15) is 0 Å². The van der Waals surface area contributed by atoms with E-state index in [4.69, 9.17) is 0 Å². The van der Waals surface area contributed by atoms with E-state index in [1.165, 1.54) is 44.0 Å². The van der Waals surface area contributed by atoms with Crippen LogP contribution in [0.5, 0.6) is 0 Å². The molecular weight excluding hydrogens is 196 g/mol. The van der Waals surface area contributed by atoms with E-state index in [-0.39, 0.29) is 5.41 Å². The first-order chi connectivity index (χ1) is 7.69. The van der Waals surface area contributed by atoms with Crippen LogP contribution in [0.15, 0.2) is 11.6 Å². The molecule has 90 valence electrons. The highest BCUT2D eigenvalue weighted by Crippen LogP contribution is 2.49. The Morgan fingerprint density at radius 3 is 2.56 bits per heavy atom. The van der Waals surface area contributed by atoms with E-state index in [1.54, 1.807) is 0 Å². The van der Waals surface area contributed by atoms with Crippen molar-refractivity contribution in [1.82, 2.24) is 0 Å². The van der Waals surface area contributed by atoms with Crippen LogP contribution in [0.3, 0.4) is 0 Å². The third-order valence-electron chi connectivity index (χ3n) is 4.92. The summed E-state index contributed by atoms with van der Waals surface area (Å²) in [6.45, 7) is 4.44. The zero-order valence-electron chi connectivity index (χ0n) is 10.7. The zero-order valence-corrected chi connectivity index (χ0v) is 10.7. The highest BCUT2D eigenvalue weighted by Gasteiger charge is 2.43. The lowest BCUT2D eigenvalue weighted by molar-refractivity contribution is -0.123. The molecule has 0 aromatic carbocycles. The third-order valence-corrected chi connectivity index (χ3v) is 4.92. The molecule has 0 aromatic rings. The summed E-state index contributed by atoms with van der Waals surface area (Å²) in [5, 5.41) is 0. The number of aldehydes is 1. The molecule has 0 radical (unpaired) electrons. The predicted molar refractivity (Wildman–Crippen MR) is 67.2 cm³/mol. The van der Waals surface area contributed by atoms with Crippen LogP contribution in [0.4, 0.5) is 0 Å². The second-order valence-corrected chi connectivity index (χ2v) is 5.87. The molecule has 2 unspecified atom stereocenters. The average molecular weight is 220 g/mol. The van der Waals surface area contributed by atoms with Gasteiger partial charge in [0.05, 0.1) is 0 Å². The Morgan fingerprint density at radius 1 is 1.31 bits per heavy atom. The van der Waals surface area contributed by atoms with E-state index in [1.807, 2.05) is 0 Å². The predicted octanol–water partition coefficient (Wildman–Crippen LogP) is 4.13. The summed E-state index contributed by atoms with van der Waals surface area (Å²) in [6.07, 6.45) is 12.4. The molecule has 2 aliphatic carbocycles. The summed E-state index contributed by atoms with van der Waals surface area (Å²) in [6, 6.07) is 0. The molecular formula is C15H24O. The standard InChI is InChI=1S/C15H24O/c1-12-8-9-15(11-16,13(2)10-12)14-6-4-3-5-7-14/h10-11,13-14H,3-9H2,1-2H3. The normalized spacial score (nSPS) is 36.9. The van der Waals surface area contributed by atoms with Crippen LogP contribution >= 0.6 is 0 Å². The summed E-state index contributed by atoms with van der Waals surface area (Å²) in [5.41, 5.74) is 1.45. The van der Waals surface area contributed by atoms with Gasteiger partial charge in [-0.05, 0) is 44.4 Å². The topological polar surface area (TPSA) is 17.1 Å². The number of rotatable bonds is 2. The van der Waals surface area contributed by atoms with Crippen molar-refractivity contribution in [2.75, 3.05) is 0 Å². The van der Waals surface area contributed by atoms with E-state index in [0.29, 0.717) is 11.8 Å². The molecule has 1 nitrogen and oxygen atoms in total. The van der Waals surface area contributed by atoms with Crippen molar-refractivity contribution in [3.8, 4) is 0 Å². The Kier molecular flexibility index (Phi) is 3.51. The quantitative estimate of drug-likeness (QED) is 0.505. The Bertz CT molecular complexity index is 286. The van der Waals surface area contributed by atoms with Crippen LogP contribution in [0, 0.1) is 17.3 Å². The SMILES string of the molecule is CC1=CC(C)C(C=O)(C2CCCCC2)CC1. The molecule has 0 amide bonds. The van der Waals surface area contributed by atoms with Crippen molar-refractivity contribution >= 4 is 6.29 Å². The van der Waals surface area contributed by atoms with Crippen molar-refractivity contribution in [2.24, 2.45) is 17.3 Å².